The summed E-state index contributed by atoms with van der Waals surface area (Å²) in [4.78, 5) is 42.3. The van der Waals surface area contributed by atoms with Crippen LogP contribution in [0, 0.1) is 26.7 Å². The topological polar surface area (TPSA) is 87.7 Å². The van der Waals surface area contributed by atoms with E-state index in [2.05, 4.69) is 30.2 Å². The largest absolute Gasteiger partial charge is 0.444 e. The second-order valence-electron chi connectivity index (χ2n) is 10.9. The molecule has 3 rings (SSSR count). The summed E-state index contributed by atoms with van der Waals surface area (Å²) in [6.07, 6.45) is 0.0763. The fourth-order valence-corrected chi connectivity index (χ4v) is 4.75. The molecule has 0 aromatic heterocycles. The summed E-state index contributed by atoms with van der Waals surface area (Å²) in [6.45, 7) is 13.2. The zero-order valence-electron chi connectivity index (χ0n) is 22.8. The first-order valence-corrected chi connectivity index (χ1v) is 13.3. The molecular formula is C29H39N3O4S. The van der Waals surface area contributed by atoms with Crippen molar-refractivity contribution < 1.29 is 19.1 Å². The van der Waals surface area contributed by atoms with Gasteiger partial charge in [-0.2, -0.15) is 12.6 Å². The highest BCUT2D eigenvalue weighted by molar-refractivity contribution is 7.80. The summed E-state index contributed by atoms with van der Waals surface area (Å²) in [6, 6.07) is 11.5. The fraction of sp³-hybridized carbons (Fsp3) is 0.483. The summed E-state index contributed by atoms with van der Waals surface area (Å²) in [5.41, 5.74) is 3.55. The Hall–Kier alpha value is -3.00. The van der Waals surface area contributed by atoms with Crippen molar-refractivity contribution in [2.45, 2.75) is 78.6 Å². The summed E-state index contributed by atoms with van der Waals surface area (Å²) >= 11 is 4.36. The zero-order valence-corrected chi connectivity index (χ0v) is 23.7. The summed E-state index contributed by atoms with van der Waals surface area (Å²) in [5, 5.41) is 5.77. The third kappa shape index (κ3) is 7.06. The minimum absolute atomic E-state index is 0.0642. The summed E-state index contributed by atoms with van der Waals surface area (Å²) in [5.74, 6) is -0.366. The van der Waals surface area contributed by atoms with E-state index in [-0.39, 0.29) is 29.5 Å². The SMILES string of the molecule is Cc1ccccc1C(C(=O)Nc1c(C)cccc1C)N(C(=O)C(CS)NC(=O)OC(C)(C)C)C1CC1C. The van der Waals surface area contributed by atoms with Crippen LogP contribution in [-0.4, -0.2) is 46.2 Å². The maximum atomic E-state index is 14.0. The van der Waals surface area contributed by atoms with Gasteiger partial charge in [0.25, 0.3) is 5.91 Å². The van der Waals surface area contributed by atoms with Gasteiger partial charge in [-0.3, -0.25) is 9.59 Å². The number of ether oxygens (including phenoxy) is 1. The quantitative estimate of drug-likeness (QED) is 0.406. The Labute approximate surface area is 225 Å². The molecule has 1 fully saturated rings. The van der Waals surface area contributed by atoms with Crippen molar-refractivity contribution in [3.8, 4) is 0 Å². The number of hydrogen-bond donors (Lipinski definition) is 3. The molecule has 8 heteroatoms. The van der Waals surface area contributed by atoms with Gasteiger partial charge in [0.15, 0.2) is 0 Å². The molecule has 200 valence electrons. The molecule has 0 bridgehead atoms. The second-order valence-corrected chi connectivity index (χ2v) is 11.3. The van der Waals surface area contributed by atoms with E-state index in [9.17, 15) is 14.4 Å². The normalized spacial score (nSPS) is 18.4. The maximum absolute atomic E-state index is 14.0. The van der Waals surface area contributed by atoms with E-state index < -0.39 is 23.8 Å². The van der Waals surface area contributed by atoms with Crippen LogP contribution in [0.15, 0.2) is 42.5 Å². The first-order valence-electron chi connectivity index (χ1n) is 12.7. The lowest BCUT2D eigenvalue weighted by molar-refractivity contribution is -0.141. The van der Waals surface area contributed by atoms with E-state index in [1.165, 1.54) is 0 Å². The standard InChI is InChI=1S/C29H39N3O4S/c1-17-11-8-9-14-21(17)25(26(33)31-24-18(2)12-10-13-19(24)3)32(23-15-20(23)4)27(34)22(16-37)30-28(35)36-29(5,6)7/h8-14,20,22-23,25,37H,15-16H2,1-7H3,(H,30,35)(H,31,33). The molecule has 4 atom stereocenters. The van der Waals surface area contributed by atoms with Gasteiger partial charge in [-0.1, -0.05) is 49.4 Å². The van der Waals surface area contributed by atoms with Crippen molar-refractivity contribution in [2.75, 3.05) is 11.1 Å². The van der Waals surface area contributed by atoms with Gasteiger partial charge in [-0.25, -0.2) is 4.79 Å². The molecule has 1 aliphatic carbocycles. The third-order valence-corrected chi connectivity index (χ3v) is 6.95. The number of nitrogens with one attached hydrogen (secondary N) is 2. The Bertz CT molecular complexity index is 1140. The molecule has 1 saturated carbocycles. The van der Waals surface area contributed by atoms with E-state index >= 15 is 0 Å². The van der Waals surface area contributed by atoms with Crippen LogP contribution in [0.3, 0.4) is 0 Å². The van der Waals surface area contributed by atoms with Crippen molar-refractivity contribution in [3.05, 3.63) is 64.7 Å². The Morgan fingerprint density at radius 1 is 1.03 bits per heavy atom. The first-order chi connectivity index (χ1) is 17.3. The molecule has 0 heterocycles. The van der Waals surface area contributed by atoms with E-state index in [1.54, 1.807) is 25.7 Å². The third-order valence-electron chi connectivity index (χ3n) is 6.59. The minimum atomic E-state index is -0.953. The minimum Gasteiger partial charge on any atom is -0.444 e. The molecule has 0 saturated heterocycles. The van der Waals surface area contributed by atoms with Gasteiger partial charge in [0.2, 0.25) is 5.91 Å². The molecular weight excluding hydrogens is 486 g/mol. The molecule has 2 N–H and O–H groups in total. The lowest BCUT2D eigenvalue weighted by Crippen LogP contribution is -2.54. The van der Waals surface area contributed by atoms with Gasteiger partial charge < -0.3 is 20.3 Å². The highest BCUT2D eigenvalue weighted by Gasteiger charge is 2.48. The number of carbonyl (C=O) groups excluding carboxylic acids is 3. The van der Waals surface area contributed by atoms with Crippen LogP contribution in [0.5, 0.6) is 0 Å². The molecule has 1 aliphatic rings. The first kappa shape index (κ1) is 28.6. The molecule has 3 amide bonds. The van der Waals surface area contributed by atoms with Crippen LogP contribution in [0.2, 0.25) is 0 Å². The highest BCUT2D eigenvalue weighted by Crippen LogP contribution is 2.41. The van der Waals surface area contributed by atoms with Crippen molar-refractivity contribution in [1.82, 2.24) is 10.2 Å². The van der Waals surface area contributed by atoms with Crippen LogP contribution in [0.4, 0.5) is 10.5 Å². The van der Waals surface area contributed by atoms with Gasteiger partial charge >= 0.3 is 6.09 Å². The number of anilines is 1. The highest BCUT2D eigenvalue weighted by atomic mass is 32.1. The molecule has 0 radical (unpaired) electrons. The molecule has 2 aromatic carbocycles. The van der Waals surface area contributed by atoms with Crippen LogP contribution in [0.1, 0.15) is 62.4 Å². The lowest BCUT2D eigenvalue weighted by Gasteiger charge is -2.35. The summed E-state index contributed by atoms with van der Waals surface area (Å²) in [7, 11) is 0. The number of rotatable bonds is 8. The number of carbonyl (C=O) groups is 3. The van der Waals surface area contributed by atoms with Gasteiger partial charge in [-0.15, -0.1) is 0 Å². The van der Waals surface area contributed by atoms with E-state index in [4.69, 9.17) is 4.74 Å². The average Bonchev–Trinajstić information content (AvgIpc) is 3.53. The number of benzene rings is 2. The Morgan fingerprint density at radius 3 is 2.11 bits per heavy atom. The maximum Gasteiger partial charge on any atom is 0.408 e. The summed E-state index contributed by atoms with van der Waals surface area (Å²) < 4.78 is 5.38. The Balaban J connectivity index is 2.02. The molecule has 37 heavy (non-hydrogen) atoms. The van der Waals surface area contributed by atoms with E-state index in [0.717, 1.165) is 34.4 Å². The van der Waals surface area contributed by atoms with Gasteiger partial charge in [0.05, 0.1) is 0 Å². The predicted molar refractivity (Wildman–Crippen MR) is 150 cm³/mol. The van der Waals surface area contributed by atoms with Crippen LogP contribution in [-0.2, 0) is 14.3 Å². The van der Waals surface area contributed by atoms with E-state index in [1.807, 2.05) is 63.2 Å². The number of hydrogen-bond acceptors (Lipinski definition) is 5. The van der Waals surface area contributed by atoms with Gasteiger partial charge in [0.1, 0.15) is 17.7 Å². The average molecular weight is 526 g/mol. The Morgan fingerprint density at radius 2 is 1.59 bits per heavy atom. The number of para-hydroxylation sites is 1. The van der Waals surface area contributed by atoms with E-state index in [0.29, 0.717) is 0 Å². The number of aryl methyl sites for hydroxylation is 3. The van der Waals surface area contributed by atoms with Crippen molar-refractivity contribution in [1.29, 1.82) is 0 Å². The van der Waals surface area contributed by atoms with Crippen molar-refractivity contribution in [3.63, 3.8) is 0 Å². The molecule has 0 spiro atoms. The number of amides is 3. The van der Waals surface area contributed by atoms with Gasteiger partial charge in [0, 0.05) is 17.5 Å². The molecule has 7 nitrogen and oxygen atoms in total. The monoisotopic (exact) mass is 525 g/mol. The second kappa shape index (κ2) is 11.6. The number of nitrogens with zero attached hydrogens (tertiary/aromatic N) is 1. The predicted octanol–water partition coefficient (Wildman–Crippen LogP) is 5.35. The number of thiol groups is 1. The van der Waals surface area contributed by atoms with Crippen molar-refractivity contribution >= 4 is 36.2 Å². The van der Waals surface area contributed by atoms with Crippen LogP contribution in [0.25, 0.3) is 0 Å². The molecule has 0 aliphatic heterocycles. The van der Waals surface area contributed by atoms with Crippen LogP contribution < -0.4 is 10.6 Å². The molecule has 2 aromatic rings. The Kier molecular flexibility index (Phi) is 8.95. The molecule has 4 unspecified atom stereocenters. The zero-order chi connectivity index (χ0) is 27.5. The fourth-order valence-electron chi connectivity index (χ4n) is 4.50. The van der Waals surface area contributed by atoms with Crippen molar-refractivity contribution in [2.24, 2.45) is 5.92 Å². The lowest BCUT2D eigenvalue weighted by atomic mass is 9.97. The number of alkyl carbamates (subject to hydrolysis) is 1. The van der Waals surface area contributed by atoms with Gasteiger partial charge in [-0.05, 0) is 76.1 Å². The van der Waals surface area contributed by atoms with Crippen LogP contribution >= 0.6 is 12.6 Å². The smallest absolute Gasteiger partial charge is 0.408 e.